The highest BCUT2D eigenvalue weighted by atomic mass is 32.1. The lowest BCUT2D eigenvalue weighted by Crippen LogP contribution is -1.98. The molecule has 0 bridgehead atoms. The first-order valence-electron chi connectivity index (χ1n) is 6.18. The molecule has 0 amide bonds. The highest BCUT2D eigenvalue weighted by molar-refractivity contribution is 7.17. The topological polar surface area (TPSA) is 76.2 Å². The summed E-state index contributed by atoms with van der Waals surface area (Å²) in [4.78, 5) is 16.0. The van der Waals surface area contributed by atoms with E-state index in [2.05, 4.69) is 4.98 Å². The van der Waals surface area contributed by atoms with Crippen LogP contribution in [0.3, 0.4) is 0 Å². The second kappa shape index (κ2) is 5.95. The molecule has 0 atom stereocenters. The number of rotatable bonds is 5. The van der Waals surface area contributed by atoms with Crippen LogP contribution in [0.2, 0.25) is 0 Å². The van der Waals surface area contributed by atoms with Crippen LogP contribution < -0.4 is 5.73 Å². The summed E-state index contributed by atoms with van der Waals surface area (Å²) in [6.45, 7) is 2.48. The van der Waals surface area contributed by atoms with E-state index in [-0.39, 0.29) is 0 Å². The zero-order valence-electron chi connectivity index (χ0n) is 10.7. The van der Waals surface area contributed by atoms with Crippen LogP contribution in [-0.4, -0.2) is 16.1 Å². The van der Waals surface area contributed by atoms with Crippen LogP contribution in [0.25, 0.3) is 10.6 Å². The van der Waals surface area contributed by atoms with Gasteiger partial charge in [-0.15, -0.1) is 11.3 Å². The summed E-state index contributed by atoms with van der Waals surface area (Å²) in [6.07, 6.45) is 1.57. The largest absolute Gasteiger partial charge is 0.477 e. The molecule has 2 aromatic rings. The van der Waals surface area contributed by atoms with Gasteiger partial charge in [0.05, 0.1) is 5.69 Å². The summed E-state index contributed by atoms with van der Waals surface area (Å²) < 4.78 is 0. The standard InChI is InChI=1S/C14H16N2O2S/c1-2-4-11-12(14(17)18)19-13(16-11)10-6-3-5-9(7-10)8-15/h3,5-7H,2,4,8,15H2,1H3,(H,17,18). The van der Waals surface area contributed by atoms with Gasteiger partial charge >= 0.3 is 5.97 Å². The predicted octanol–water partition coefficient (Wildman–Crippen LogP) is 2.92. The fourth-order valence-electron chi connectivity index (χ4n) is 1.88. The van der Waals surface area contributed by atoms with E-state index in [4.69, 9.17) is 5.73 Å². The predicted molar refractivity (Wildman–Crippen MR) is 76.4 cm³/mol. The van der Waals surface area contributed by atoms with Crippen molar-refractivity contribution in [2.75, 3.05) is 0 Å². The van der Waals surface area contributed by atoms with Crippen LogP contribution >= 0.6 is 11.3 Å². The quantitative estimate of drug-likeness (QED) is 0.880. The SMILES string of the molecule is CCCc1nc(-c2cccc(CN)c2)sc1C(=O)O. The average Bonchev–Trinajstić information content (AvgIpc) is 2.83. The Morgan fingerprint density at radius 1 is 1.47 bits per heavy atom. The minimum Gasteiger partial charge on any atom is -0.477 e. The summed E-state index contributed by atoms with van der Waals surface area (Å²) in [5.41, 5.74) is 8.23. The first-order chi connectivity index (χ1) is 9.15. The number of nitrogens with zero attached hydrogens (tertiary/aromatic N) is 1. The van der Waals surface area contributed by atoms with Crippen LogP contribution in [0.4, 0.5) is 0 Å². The van der Waals surface area contributed by atoms with Crippen molar-refractivity contribution < 1.29 is 9.90 Å². The Balaban J connectivity index is 2.44. The molecule has 3 N–H and O–H groups in total. The molecule has 1 aromatic heterocycles. The number of hydrogen-bond acceptors (Lipinski definition) is 4. The molecule has 19 heavy (non-hydrogen) atoms. The Hall–Kier alpha value is -1.72. The maximum atomic E-state index is 11.2. The Labute approximate surface area is 115 Å². The summed E-state index contributed by atoms with van der Waals surface area (Å²) in [5, 5.41) is 9.95. The Kier molecular flexibility index (Phi) is 4.29. The third-order valence-corrected chi connectivity index (χ3v) is 3.92. The van der Waals surface area contributed by atoms with Gasteiger partial charge in [0.2, 0.25) is 0 Å². The molecular weight excluding hydrogens is 260 g/mol. The van der Waals surface area contributed by atoms with Gasteiger partial charge in [0.25, 0.3) is 0 Å². The summed E-state index contributed by atoms with van der Waals surface area (Å²) in [7, 11) is 0. The number of nitrogens with two attached hydrogens (primary N) is 1. The molecule has 1 heterocycles. The van der Waals surface area contributed by atoms with Crippen molar-refractivity contribution in [2.24, 2.45) is 5.73 Å². The maximum Gasteiger partial charge on any atom is 0.347 e. The maximum absolute atomic E-state index is 11.2. The van der Waals surface area contributed by atoms with Crippen molar-refractivity contribution in [1.82, 2.24) is 4.98 Å². The van der Waals surface area contributed by atoms with E-state index < -0.39 is 5.97 Å². The Morgan fingerprint density at radius 3 is 2.89 bits per heavy atom. The summed E-state index contributed by atoms with van der Waals surface area (Å²) in [6, 6.07) is 7.75. The molecular formula is C14H16N2O2S. The molecule has 0 aliphatic heterocycles. The molecule has 0 saturated heterocycles. The number of aromatic carboxylic acids is 1. The van der Waals surface area contributed by atoms with Gasteiger partial charge in [0, 0.05) is 12.1 Å². The average molecular weight is 276 g/mol. The minimum absolute atomic E-state index is 0.343. The molecule has 0 fully saturated rings. The van der Waals surface area contributed by atoms with Crippen LogP contribution in [-0.2, 0) is 13.0 Å². The van der Waals surface area contributed by atoms with Crippen LogP contribution in [0.1, 0.15) is 34.3 Å². The van der Waals surface area contributed by atoms with E-state index in [9.17, 15) is 9.90 Å². The van der Waals surface area contributed by atoms with Gasteiger partial charge in [-0.1, -0.05) is 31.5 Å². The lowest BCUT2D eigenvalue weighted by atomic mass is 10.1. The second-order valence-electron chi connectivity index (χ2n) is 4.25. The summed E-state index contributed by atoms with van der Waals surface area (Å²) >= 11 is 1.23. The second-order valence-corrected chi connectivity index (χ2v) is 5.25. The van der Waals surface area contributed by atoms with Crippen molar-refractivity contribution in [3.8, 4) is 10.6 Å². The molecule has 0 saturated carbocycles. The third-order valence-electron chi connectivity index (χ3n) is 2.79. The number of carbonyl (C=O) groups is 1. The molecule has 2 rings (SSSR count). The third kappa shape index (κ3) is 3.00. The molecule has 1 aromatic carbocycles. The van der Waals surface area contributed by atoms with E-state index in [0.717, 1.165) is 22.6 Å². The lowest BCUT2D eigenvalue weighted by molar-refractivity contribution is 0.0700. The molecule has 5 heteroatoms. The molecule has 0 radical (unpaired) electrons. The molecule has 100 valence electrons. The van der Waals surface area contributed by atoms with E-state index in [0.29, 0.717) is 23.5 Å². The van der Waals surface area contributed by atoms with Crippen molar-refractivity contribution in [3.63, 3.8) is 0 Å². The van der Waals surface area contributed by atoms with E-state index >= 15 is 0 Å². The first-order valence-corrected chi connectivity index (χ1v) is 6.99. The van der Waals surface area contributed by atoms with Crippen molar-refractivity contribution in [3.05, 3.63) is 40.4 Å². The van der Waals surface area contributed by atoms with Gasteiger partial charge in [-0.05, 0) is 18.1 Å². The molecule has 0 spiro atoms. The van der Waals surface area contributed by atoms with E-state index in [1.54, 1.807) is 0 Å². The monoisotopic (exact) mass is 276 g/mol. The first kappa shape index (κ1) is 13.7. The zero-order chi connectivity index (χ0) is 13.8. The van der Waals surface area contributed by atoms with Crippen molar-refractivity contribution in [2.45, 2.75) is 26.3 Å². The van der Waals surface area contributed by atoms with Gasteiger partial charge in [0.1, 0.15) is 9.88 Å². The van der Waals surface area contributed by atoms with Crippen molar-refractivity contribution in [1.29, 1.82) is 0 Å². The number of aryl methyl sites for hydroxylation is 1. The van der Waals surface area contributed by atoms with Gasteiger partial charge in [-0.3, -0.25) is 0 Å². The number of carboxylic acids is 1. The van der Waals surface area contributed by atoms with Crippen LogP contribution in [0.15, 0.2) is 24.3 Å². The normalized spacial score (nSPS) is 10.6. The van der Waals surface area contributed by atoms with Crippen LogP contribution in [0, 0.1) is 0 Å². The number of benzene rings is 1. The Morgan fingerprint density at radius 2 is 2.26 bits per heavy atom. The van der Waals surface area contributed by atoms with E-state index in [1.165, 1.54) is 11.3 Å². The van der Waals surface area contributed by atoms with Crippen LogP contribution in [0.5, 0.6) is 0 Å². The highest BCUT2D eigenvalue weighted by Crippen LogP contribution is 2.29. The molecule has 0 unspecified atom stereocenters. The molecule has 4 nitrogen and oxygen atoms in total. The Bertz CT molecular complexity index is 593. The number of hydrogen-bond donors (Lipinski definition) is 2. The smallest absolute Gasteiger partial charge is 0.347 e. The van der Waals surface area contributed by atoms with E-state index in [1.807, 2.05) is 31.2 Å². The lowest BCUT2D eigenvalue weighted by Gasteiger charge is -1.99. The highest BCUT2D eigenvalue weighted by Gasteiger charge is 2.17. The minimum atomic E-state index is -0.901. The number of carboxylic acid groups (broad SMARTS) is 1. The number of thiazole rings is 1. The molecule has 0 aliphatic rings. The number of aromatic nitrogens is 1. The van der Waals surface area contributed by atoms with Gasteiger partial charge in [-0.2, -0.15) is 0 Å². The fraction of sp³-hybridized carbons (Fsp3) is 0.286. The fourth-order valence-corrected chi connectivity index (χ4v) is 2.83. The molecule has 0 aliphatic carbocycles. The zero-order valence-corrected chi connectivity index (χ0v) is 11.5. The summed E-state index contributed by atoms with van der Waals surface area (Å²) in [5.74, 6) is -0.901. The van der Waals surface area contributed by atoms with Gasteiger partial charge in [0.15, 0.2) is 0 Å². The van der Waals surface area contributed by atoms with Gasteiger partial charge in [-0.25, -0.2) is 9.78 Å². The van der Waals surface area contributed by atoms with Gasteiger partial charge < -0.3 is 10.8 Å². The van der Waals surface area contributed by atoms with Crippen molar-refractivity contribution >= 4 is 17.3 Å².